The summed E-state index contributed by atoms with van der Waals surface area (Å²) in [5, 5.41) is 2.88. The number of allylic oxidation sites excluding steroid dienone is 2. The van der Waals surface area contributed by atoms with Crippen molar-refractivity contribution in [1.82, 2.24) is 4.90 Å². The van der Waals surface area contributed by atoms with Gasteiger partial charge < -0.3 is 4.74 Å². The number of carbonyl (C=O) groups excluding carboxylic acids is 1. The van der Waals surface area contributed by atoms with E-state index >= 15 is 0 Å². The summed E-state index contributed by atoms with van der Waals surface area (Å²) in [5.41, 5.74) is 2.51. The highest BCUT2D eigenvalue weighted by atomic mass is 35.5. The van der Waals surface area contributed by atoms with Crippen LogP contribution >= 0.6 is 22.9 Å². The molecule has 0 unspecified atom stereocenters. The lowest BCUT2D eigenvalue weighted by Gasteiger charge is -2.27. The summed E-state index contributed by atoms with van der Waals surface area (Å²) in [6.07, 6.45) is 4.65. The third-order valence-corrected chi connectivity index (χ3v) is 4.53. The van der Waals surface area contributed by atoms with Gasteiger partial charge >= 0.3 is 0 Å². The van der Waals surface area contributed by atoms with E-state index in [1.807, 2.05) is 17.4 Å². The summed E-state index contributed by atoms with van der Waals surface area (Å²) in [6.45, 7) is 10.8. The minimum absolute atomic E-state index is 0.375. The van der Waals surface area contributed by atoms with Crippen molar-refractivity contribution >= 4 is 29.4 Å². The molecule has 0 saturated heterocycles. The Kier molecular flexibility index (Phi) is 8.05. The molecule has 3 nitrogen and oxygen atoms in total. The predicted octanol–water partition coefficient (Wildman–Crippen LogP) is 3.76. The third-order valence-electron chi connectivity index (χ3n) is 3.11. The molecule has 114 valence electrons. The highest BCUT2D eigenvalue weighted by Gasteiger charge is 2.17. The first-order valence-electron chi connectivity index (χ1n) is 6.53. The number of rotatable bonds is 5. The van der Waals surface area contributed by atoms with E-state index in [4.69, 9.17) is 16.4 Å². The topological polar surface area (TPSA) is 29.5 Å². The molecule has 0 saturated carbocycles. The minimum atomic E-state index is 0.375. The molecule has 0 fully saturated rings. The van der Waals surface area contributed by atoms with Crippen LogP contribution < -0.4 is 0 Å². The maximum Gasteiger partial charge on any atom is 0.292 e. The number of halogens is 1. The van der Waals surface area contributed by atoms with Crippen molar-refractivity contribution in [3.8, 4) is 0 Å². The summed E-state index contributed by atoms with van der Waals surface area (Å²) in [4.78, 5) is 12.9. The average Bonchev–Trinajstić information content (AvgIpc) is 2.99. The molecular formula is C16H20ClNO2S. The molecule has 2 heterocycles. The maximum absolute atomic E-state index is 8.95. The second-order valence-electron chi connectivity index (χ2n) is 4.44. The Bertz CT molecular complexity index is 522. The van der Waals surface area contributed by atoms with Gasteiger partial charge in [-0.2, -0.15) is 0 Å². The van der Waals surface area contributed by atoms with E-state index in [0.29, 0.717) is 11.5 Å². The molecule has 1 aliphatic rings. The zero-order valence-corrected chi connectivity index (χ0v) is 13.8. The van der Waals surface area contributed by atoms with Crippen LogP contribution in [0.4, 0.5) is 0 Å². The number of nitrogens with zero attached hydrogens (tertiary/aromatic N) is 1. The quantitative estimate of drug-likeness (QED) is 0.610. The van der Waals surface area contributed by atoms with Crippen molar-refractivity contribution in [2.45, 2.75) is 13.0 Å². The van der Waals surface area contributed by atoms with Crippen LogP contribution in [0, 0.1) is 0 Å². The van der Waals surface area contributed by atoms with Gasteiger partial charge in [-0.3, -0.25) is 9.69 Å². The number of thiophene rings is 1. The van der Waals surface area contributed by atoms with E-state index in [0.717, 1.165) is 31.6 Å². The highest BCUT2D eigenvalue weighted by Crippen LogP contribution is 2.25. The van der Waals surface area contributed by atoms with E-state index in [1.54, 1.807) is 6.08 Å². The van der Waals surface area contributed by atoms with Crippen LogP contribution in [0.1, 0.15) is 10.4 Å². The molecule has 0 spiro atoms. The van der Waals surface area contributed by atoms with Gasteiger partial charge in [-0.1, -0.05) is 36.9 Å². The van der Waals surface area contributed by atoms with Crippen molar-refractivity contribution in [2.24, 2.45) is 0 Å². The van der Waals surface area contributed by atoms with E-state index < -0.39 is 0 Å². The molecule has 0 atom stereocenters. The molecule has 1 aromatic heterocycles. The van der Waals surface area contributed by atoms with Crippen molar-refractivity contribution in [3.05, 3.63) is 57.8 Å². The first-order valence-corrected chi connectivity index (χ1v) is 7.79. The molecule has 1 aliphatic heterocycles. The molecule has 0 aromatic carbocycles. The zero-order valence-electron chi connectivity index (χ0n) is 12.2. The van der Waals surface area contributed by atoms with Crippen molar-refractivity contribution in [1.29, 1.82) is 0 Å². The molecule has 0 bridgehead atoms. The summed E-state index contributed by atoms with van der Waals surface area (Å²) in [7, 11) is 1.31. The Hall–Kier alpha value is -1.36. The minimum Gasteiger partial charge on any atom is -0.471 e. The fourth-order valence-electron chi connectivity index (χ4n) is 2.05. The number of carbonyl (C=O) groups is 1. The largest absolute Gasteiger partial charge is 0.471 e. The molecule has 0 amide bonds. The van der Waals surface area contributed by atoms with Crippen molar-refractivity contribution < 1.29 is 9.53 Å². The Balaban J connectivity index is 0.000000491. The monoisotopic (exact) mass is 325 g/mol. The average molecular weight is 326 g/mol. The molecule has 5 heteroatoms. The third kappa shape index (κ3) is 5.50. The Morgan fingerprint density at radius 2 is 2.24 bits per heavy atom. The molecule has 21 heavy (non-hydrogen) atoms. The van der Waals surface area contributed by atoms with E-state index in [9.17, 15) is 0 Å². The van der Waals surface area contributed by atoms with Crippen LogP contribution in [0.2, 0.25) is 0 Å². The number of methoxy groups -OCH3 is 1. The van der Waals surface area contributed by atoms with Gasteiger partial charge in [-0.15, -0.1) is 11.3 Å². The zero-order chi connectivity index (χ0) is 15.7. The number of hydrogen-bond acceptors (Lipinski definition) is 4. The van der Waals surface area contributed by atoms with Gasteiger partial charge in [0.25, 0.3) is 6.47 Å². The molecule has 0 aliphatic carbocycles. The first kappa shape index (κ1) is 17.7. The van der Waals surface area contributed by atoms with Crippen molar-refractivity contribution in [3.63, 3.8) is 0 Å². The Morgan fingerprint density at radius 3 is 2.81 bits per heavy atom. The number of hydrogen-bond donors (Lipinski definition) is 0. The number of fused-ring (bicyclic) bond motifs is 1. The standard InChI is InChI=1S/C14H16ClNS.C2H4O2/c1-3-11(13(15)4-2)9-16-7-5-14-12(10-16)6-8-17-14;1-4-2-3/h3-4,6,8H,1-2,5,7,9-10H2;2H,1H3/b13-11-;. The molecule has 2 rings (SSSR count). The SMILES string of the molecule is C=C/C(Cl)=C(\C=C)CN1CCc2sccc2C1.COC=O. The van der Waals surface area contributed by atoms with Crippen molar-refractivity contribution in [2.75, 3.05) is 20.2 Å². The lowest BCUT2D eigenvalue weighted by molar-refractivity contribution is -0.126. The van der Waals surface area contributed by atoms with Gasteiger partial charge in [-0.05, 0) is 29.0 Å². The summed E-state index contributed by atoms with van der Waals surface area (Å²) >= 11 is 7.96. The van der Waals surface area contributed by atoms with Crippen LogP contribution in [0.5, 0.6) is 0 Å². The smallest absolute Gasteiger partial charge is 0.292 e. The number of ether oxygens (including phenoxy) is 1. The Labute approximate surface area is 135 Å². The second kappa shape index (κ2) is 9.55. The van der Waals surface area contributed by atoms with Crippen LogP contribution in [0.3, 0.4) is 0 Å². The fourth-order valence-corrected chi connectivity index (χ4v) is 3.08. The normalized spacial score (nSPS) is 15.0. The molecule has 0 N–H and O–H groups in total. The van der Waals surface area contributed by atoms with Crippen LogP contribution in [-0.4, -0.2) is 31.6 Å². The summed E-state index contributed by atoms with van der Waals surface area (Å²) in [5.74, 6) is 0. The molecule has 1 aromatic rings. The molecular weight excluding hydrogens is 306 g/mol. The highest BCUT2D eigenvalue weighted by molar-refractivity contribution is 7.10. The lowest BCUT2D eigenvalue weighted by Crippen LogP contribution is -2.31. The summed E-state index contributed by atoms with van der Waals surface area (Å²) in [6, 6.07) is 2.22. The van der Waals surface area contributed by atoms with Gasteiger partial charge in [0.1, 0.15) is 0 Å². The van der Waals surface area contributed by atoms with E-state index in [-0.39, 0.29) is 0 Å². The lowest BCUT2D eigenvalue weighted by atomic mass is 10.1. The van der Waals surface area contributed by atoms with E-state index in [2.05, 4.69) is 34.2 Å². The van der Waals surface area contributed by atoms with Crippen LogP contribution in [0.15, 0.2) is 47.4 Å². The first-order chi connectivity index (χ1) is 10.2. The van der Waals surface area contributed by atoms with Gasteiger partial charge in [0.15, 0.2) is 0 Å². The van der Waals surface area contributed by atoms with Gasteiger partial charge in [0.2, 0.25) is 0 Å². The fraction of sp³-hybridized carbons (Fsp3) is 0.312. The Morgan fingerprint density at radius 1 is 1.52 bits per heavy atom. The van der Waals surface area contributed by atoms with Crippen LogP contribution in [0.25, 0.3) is 0 Å². The second-order valence-corrected chi connectivity index (χ2v) is 5.85. The van der Waals surface area contributed by atoms with Gasteiger partial charge in [0.05, 0.1) is 7.11 Å². The van der Waals surface area contributed by atoms with E-state index in [1.165, 1.54) is 17.6 Å². The van der Waals surface area contributed by atoms with Gasteiger partial charge in [-0.25, -0.2) is 0 Å². The molecule has 0 radical (unpaired) electrons. The summed E-state index contributed by atoms with van der Waals surface area (Å²) < 4.78 is 3.86. The predicted molar refractivity (Wildman–Crippen MR) is 89.6 cm³/mol. The van der Waals surface area contributed by atoms with Crippen LogP contribution in [-0.2, 0) is 22.5 Å². The maximum atomic E-state index is 8.95. The van der Waals surface area contributed by atoms with Gasteiger partial charge in [0, 0.05) is 29.5 Å².